The van der Waals surface area contributed by atoms with Crippen molar-refractivity contribution in [3.05, 3.63) is 0 Å². The molecule has 0 fully saturated rings. The Hall–Kier alpha value is 0.217. The van der Waals surface area contributed by atoms with Gasteiger partial charge in [0.15, 0.2) is 0 Å². The fourth-order valence-corrected chi connectivity index (χ4v) is 0.905. The minimum atomic E-state index is 0.710. The third-order valence-electron chi connectivity index (χ3n) is 1.24. The Kier molecular flexibility index (Phi) is 5.50. The average molecular weight is 127 g/mol. The smallest absolute Gasteiger partial charge is 0.0262 e. The standard InChI is InChI=1S/C7H15Si/c1-3-4-5-6-7(2)8/h7H,3-6H2,1-2H3. The largest absolute Gasteiger partial charge is 0.0656 e. The van der Waals surface area contributed by atoms with E-state index in [1.165, 1.54) is 25.7 Å². The molecule has 1 heteroatoms. The van der Waals surface area contributed by atoms with Gasteiger partial charge in [-0.15, -0.1) is 0 Å². The number of unbranched alkanes of at least 4 members (excludes halogenated alkanes) is 2. The van der Waals surface area contributed by atoms with E-state index in [1.807, 2.05) is 0 Å². The van der Waals surface area contributed by atoms with E-state index in [-0.39, 0.29) is 0 Å². The Morgan fingerprint density at radius 2 is 2.00 bits per heavy atom. The summed E-state index contributed by atoms with van der Waals surface area (Å²) in [5.41, 5.74) is 0.710. The van der Waals surface area contributed by atoms with Gasteiger partial charge in [-0.05, 0) is 0 Å². The molecule has 0 aromatic heterocycles. The van der Waals surface area contributed by atoms with Crippen LogP contribution >= 0.6 is 0 Å². The normalized spacial score (nSPS) is 13.9. The second kappa shape index (κ2) is 5.36. The van der Waals surface area contributed by atoms with Crippen LogP contribution in [0.1, 0.15) is 39.5 Å². The molecule has 0 nitrogen and oxygen atoms in total. The highest BCUT2D eigenvalue weighted by Gasteiger charge is 1.90. The van der Waals surface area contributed by atoms with Gasteiger partial charge in [-0.25, -0.2) is 0 Å². The highest BCUT2D eigenvalue weighted by atomic mass is 28.1. The van der Waals surface area contributed by atoms with Crippen LogP contribution in [0.5, 0.6) is 0 Å². The van der Waals surface area contributed by atoms with Crippen molar-refractivity contribution < 1.29 is 0 Å². The van der Waals surface area contributed by atoms with Gasteiger partial charge in [0.05, 0.1) is 0 Å². The Bertz CT molecular complexity index is 41.7. The Morgan fingerprint density at radius 3 is 2.38 bits per heavy atom. The minimum Gasteiger partial charge on any atom is -0.0656 e. The molecule has 0 N–H and O–H groups in total. The van der Waals surface area contributed by atoms with Crippen molar-refractivity contribution in [2.45, 2.75) is 45.1 Å². The van der Waals surface area contributed by atoms with Gasteiger partial charge >= 0.3 is 0 Å². The summed E-state index contributed by atoms with van der Waals surface area (Å²) in [6.07, 6.45) is 5.42. The van der Waals surface area contributed by atoms with Crippen LogP contribution in [0.2, 0.25) is 5.54 Å². The Labute approximate surface area is 56.1 Å². The first-order chi connectivity index (χ1) is 3.77. The van der Waals surface area contributed by atoms with Crippen LogP contribution in [-0.2, 0) is 0 Å². The maximum Gasteiger partial charge on any atom is 0.0262 e. The molecular formula is C7H15Si. The SMILES string of the molecule is CCCCCC(C)[Si]. The summed E-state index contributed by atoms with van der Waals surface area (Å²) in [5, 5.41) is 0. The lowest BCUT2D eigenvalue weighted by Crippen LogP contribution is -1.84. The first-order valence-corrected chi connectivity index (χ1v) is 4.06. The Balaban J connectivity index is 2.72. The lowest BCUT2D eigenvalue weighted by Gasteiger charge is -2.00. The molecule has 0 saturated carbocycles. The lowest BCUT2D eigenvalue weighted by atomic mass is 10.2. The van der Waals surface area contributed by atoms with E-state index in [0.29, 0.717) is 5.54 Å². The average Bonchev–Trinajstić information content (AvgIpc) is 1.66. The van der Waals surface area contributed by atoms with E-state index in [2.05, 4.69) is 24.1 Å². The molecule has 0 rings (SSSR count). The van der Waals surface area contributed by atoms with Gasteiger partial charge in [-0.2, -0.15) is 0 Å². The zero-order chi connectivity index (χ0) is 6.41. The van der Waals surface area contributed by atoms with Crippen LogP contribution < -0.4 is 0 Å². The fourth-order valence-electron chi connectivity index (χ4n) is 0.701. The first kappa shape index (κ1) is 8.22. The molecule has 0 spiro atoms. The van der Waals surface area contributed by atoms with Crippen LogP contribution in [0, 0.1) is 0 Å². The van der Waals surface area contributed by atoms with E-state index in [4.69, 9.17) is 0 Å². The van der Waals surface area contributed by atoms with Crippen LogP contribution in [0.25, 0.3) is 0 Å². The van der Waals surface area contributed by atoms with Gasteiger partial charge in [0.2, 0.25) is 0 Å². The van der Waals surface area contributed by atoms with Crippen LogP contribution in [0.15, 0.2) is 0 Å². The fraction of sp³-hybridized carbons (Fsp3) is 1.00. The van der Waals surface area contributed by atoms with E-state index in [1.54, 1.807) is 0 Å². The lowest BCUT2D eigenvalue weighted by molar-refractivity contribution is 0.655. The second-order valence-corrected chi connectivity index (χ2v) is 3.38. The van der Waals surface area contributed by atoms with Crippen molar-refractivity contribution >= 4 is 10.2 Å². The zero-order valence-corrected chi connectivity index (χ0v) is 6.91. The zero-order valence-electron chi connectivity index (χ0n) is 5.91. The second-order valence-electron chi connectivity index (χ2n) is 2.40. The van der Waals surface area contributed by atoms with Gasteiger partial charge in [-0.3, -0.25) is 0 Å². The molecule has 0 heterocycles. The van der Waals surface area contributed by atoms with Crippen molar-refractivity contribution in [2.75, 3.05) is 0 Å². The number of rotatable bonds is 4. The molecule has 0 aromatic rings. The van der Waals surface area contributed by atoms with E-state index >= 15 is 0 Å². The third kappa shape index (κ3) is 6.22. The van der Waals surface area contributed by atoms with Crippen molar-refractivity contribution in [1.82, 2.24) is 0 Å². The monoisotopic (exact) mass is 127 g/mol. The molecule has 3 radical (unpaired) electrons. The predicted molar refractivity (Wildman–Crippen MR) is 39.3 cm³/mol. The molecule has 0 bridgehead atoms. The molecule has 0 saturated heterocycles. The molecule has 8 heavy (non-hydrogen) atoms. The molecule has 1 atom stereocenters. The summed E-state index contributed by atoms with van der Waals surface area (Å²) in [6.45, 7) is 4.44. The first-order valence-electron chi connectivity index (χ1n) is 3.48. The van der Waals surface area contributed by atoms with Gasteiger partial charge in [0.25, 0.3) is 0 Å². The number of hydrogen-bond acceptors (Lipinski definition) is 0. The minimum absolute atomic E-state index is 0.710. The highest BCUT2D eigenvalue weighted by molar-refractivity contribution is 6.11. The summed E-state index contributed by atoms with van der Waals surface area (Å²) < 4.78 is 0. The molecule has 0 amide bonds. The van der Waals surface area contributed by atoms with Crippen molar-refractivity contribution in [3.8, 4) is 0 Å². The summed E-state index contributed by atoms with van der Waals surface area (Å²) in [5.74, 6) is 0. The predicted octanol–water partition coefficient (Wildman–Crippen LogP) is 2.54. The van der Waals surface area contributed by atoms with E-state index in [9.17, 15) is 0 Å². The third-order valence-corrected chi connectivity index (χ3v) is 1.53. The maximum atomic E-state index is 3.55. The van der Waals surface area contributed by atoms with Crippen LogP contribution in [0.4, 0.5) is 0 Å². The topological polar surface area (TPSA) is 0 Å². The summed E-state index contributed by atoms with van der Waals surface area (Å²) in [4.78, 5) is 0. The maximum absolute atomic E-state index is 3.55. The van der Waals surface area contributed by atoms with Crippen molar-refractivity contribution in [3.63, 3.8) is 0 Å². The summed E-state index contributed by atoms with van der Waals surface area (Å²) in [6, 6.07) is 0. The molecule has 47 valence electrons. The molecule has 0 aliphatic carbocycles. The van der Waals surface area contributed by atoms with Crippen molar-refractivity contribution in [1.29, 1.82) is 0 Å². The molecule has 0 aliphatic heterocycles. The summed E-state index contributed by atoms with van der Waals surface area (Å²) >= 11 is 0. The van der Waals surface area contributed by atoms with Gasteiger partial charge < -0.3 is 0 Å². The van der Waals surface area contributed by atoms with Crippen LogP contribution in [-0.4, -0.2) is 10.2 Å². The summed E-state index contributed by atoms with van der Waals surface area (Å²) in [7, 11) is 3.55. The molecule has 0 aromatic carbocycles. The van der Waals surface area contributed by atoms with Gasteiger partial charge in [-0.1, -0.05) is 45.1 Å². The molecule has 1 unspecified atom stereocenters. The van der Waals surface area contributed by atoms with Crippen LogP contribution in [0.3, 0.4) is 0 Å². The van der Waals surface area contributed by atoms with Gasteiger partial charge in [0, 0.05) is 10.2 Å². The Morgan fingerprint density at radius 1 is 1.38 bits per heavy atom. The molecular weight excluding hydrogens is 112 g/mol. The molecule has 0 aliphatic rings. The van der Waals surface area contributed by atoms with Gasteiger partial charge in [0.1, 0.15) is 0 Å². The van der Waals surface area contributed by atoms with E-state index in [0.717, 1.165) is 0 Å². The number of hydrogen-bond donors (Lipinski definition) is 0. The van der Waals surface area contributed by atoms with Crippen molar-refractivity contribution in [2.24, 2.45) is 0 Å². The van der Waals surface area contributed by atoms with E-state index < -0.39 is 0 Å². The quantitative estimate of drug-likeness (QED) is 0.402. The highest BCUT2D eigenvalue weighted by Crippen LogP contribution is 2.09.